The van der Waals surface area contributed by atoms with E-state index in [2.05, 4.69) is 58.6 Å². The number of nitrogens with one attached hydrogen (secondary N) is 1. The van der Waals surface area contributed by atoms with Crippen molar-refractivity contribution in [2.24, 2.45) is 0 Å². The van der Waals surface area contributed by atoms with Crippen LogP contribution in [0, 0.1) is 20.8 Å². The van der Waals surface area contributed by atoms with E-state index in [0.717, 1.165) is 41.4 Å². The fourth-order valence-corrected chi connectivity index (χ4v) is 4.50. The Kier molecular flexibility index (Phi) is 7.65. The van der Waals surface area contributed by atoms with E-state index in [0.29, 0.717) is 31.9 Å². The molecule has 2 heterocycles. The first kappa shape index (κ1) is 24.0. The maximum atomic E-state index is 13.3. The molecule has 1 fully saturated rings. The van der Waals surface area contributed by atoms with Crippen molar-refractivity contribution < 1.29 is 14.3 Å². The van der Waals surface area contributed by atoms with Crippen LogP contribution in [0.4, 0.5) is 0 Å². The standard InChI is InChI=1S/C27H34N4O3/c1-19-5-7-22(8-6-19)18-31-21(3)26(20(2)29-31)27(32)28-17-25(30-13-15-34-16-14-30)23-9-11-24(33-4)12-10-23/h5-12,25H,13-18H2,1-4H3,(H,28,32)/t25-/m0/s1. The predicted molar refractivity (Wildman–Crippen MR) is 132 cm³/mol. The summed E-state index contributed by atoms with van der Waals surface area (Å²) in [7, 11) is 1.67. The second-order valence-electron chi connectivity index (χ2n) is 8.84. The Morgan fingerprint density at radius 3 is 2.38 bits per heavy atom. The molecule has 0 radical (unpaired) electrons. The first-order chi connectivity index (χ1) is 16.5. The highest BCUT2D eigenvalue weighted by atomic mass is 16.5. The number of benzene rings is 2. The molecule has 0 unspecified atom stereocenters. The van der Waals surface area contributed by atoms with Crippen LogP contribution in [0.15, 0.2) is 48.5 Å². The highest BCUT2D eigenvalue weighted by Gasteiger charge is 2.25. The molecule has 180 valence electrons. The zero-order chi connectivity index (χ0) is 24.1. The second-order valence-corrected chi connectivity index (χ2v) is 8.84. The third-order valence-electron chi connectivity index (χ3n) is 6.50. The quantitative estimate of drug-likeness (QED) is 0.553. The van der Waals surface area contributed by atoms with E-state index in [1.165, 1.54) is 5.56 Å². The molecule has 0 bridgehead atoms. The molecule has 1 atom stereocenters. The number of hydrogen-bond acceptors (Lipinski definition) is 5. The van der Waals surface area contributed by atoms with Crippen molar-refractivity contribution >= 4 is 5.91 Å². The summed E-state index contributed by atoms with van der Waals surface area (Å²) in [6, 6.07) is 16.5. The number of aromatic nitrogens is 2. The lowest BCUT2D eigenvalue weighted by Crippen LogP contribution is -2.44. The van der Waals surface area contributed by atoms with Gasteiger partial charge in [-0.3, -0.25) is 14.4 Å². The van der Waals surface area contributed by atoms with Crippen LogP contribution in [-0.4, -0.2) is 60.5 Å². The summed E-state index contributed by atoms with van der Waals surface area (Å²) in [6.45, 7) is 10.2. The summed E-state index contributed by atoms with van der Waals surface area (Å²) in [5, 5.41) is 7.84. The number of methoxy groups -OCH3 is 1. The second kappa shape index (κ2) is 10.8. The van der Waals surface area contributed by atoms with Crippen LogP contribution in [0.1, 0.15) is 44.5 Å². The molecule has 7 nitrogen and oxygen atoms in total. The van der Waals surface area contributed by atoms with Crippen LogP contribution < -0.4 is 10.1 Å². The summed E-state index contributed by atoms with van der Waals surface area (Å²) in [4.78, 5) is 15.7. The molecule has 1 aromatic heterocycles. The Hall–Kier alpha value is -3.16. The molecule has 7 heteroatoms. The van der Waals surface area contributed by atoms with E-state index >= 15 is 0 Å². The molecule has 1 aliphatic rings. The molecule has 3 aromatic rings. The SMILES string of the molecule is COc1ccc([C@H](CNC(=O)c2c(C)nn(Cc3ccc(C)cc3)c2C)N2CCOCC2)cc1. The fraction of sp³-hybridized carbons (Fsp3) is 0.407. The fourth-order valence-electron chi connectivity index (χ4n) is 4.50. The Balaban J connectivity index is 1.49. The predicted octanol–water partition coefficient (Wildman–Crippen LogP) is 3.67. The lowest BCUT2D eigenvalue weighted by molar-refractivity contribution is 0.0162. The molecule has 34 heavy (non-hydrogen) atoms. The van der Waals surface area contributed by atoms with Crippen molar-refractivity contribution in [1.29, 1.82) is 0 Å². The number of nitrogens with zero attached hydrogens (tertiary/aromatic N) is 3. The monoisotopic (exact) mass is 462 g/mol. The van der Waals surface area contributed by atoms with E-state index < -0.39 is 0 Å². The van der Waals surface area contributed by atoms with Crippen LogP contribution >= 0.6 is 0 Å². The lowest BCUT2D eigenvalue weighted by atomic mass is 10.0. The molecule has 1 saturated heterocycles. The zero-order valence-electron chi connectivity index (χ0n) is 20.5. The van der Waals surface area contributed by atoms with Crippen LogP contribution in [-0.2, 0) is 11.3 Å². The number of ether oxygens (including phenoxy) is 2. The average Bonchev–Trinajstić information content (AvgIpc) is 3.14. The molecular weight excluding hydrogens is 428 g/mol. The van der Waals surface area contributed by atoms with Crippen LogP contribution in [0.2, 0.25) is 0 Å². The van der Waals surface area contributed by atoms with Gasteiger partial charge in [-0.2, -0.15) is 5.10 Å². The van der Waals surface area contributed by atoms with Crippen molar-refractivity contribution in [3.8, 4) is 5.75 Å². The third kappa shape index (κ3) is 5.48. The molecule has 4 rings (SSSR count). The average molecular weight is 463 g/mol. The number of aryl methyl sites for hydroxylation is 2. The van der Waals surface area contributed by atoms with Gasteiger partial charge in [-0.1, -0.05) is 42.0 Å². The molecule has 0 spiro atoms. The van der Waals surface area contributed by atoms with Crippen LogP contribution in [0.5, 0.6) is 5.75 Å². The molecule has 2 aromatic carbocycles. The van der Waals surface area contributed by atoms with Gasteiger partial charge in [0.2, 0.25) is 0 Å². The highest BCUT2D eigenvalue weighted by molar-refractivity contribution is 5.96. The van der Waals surface area contributed by atoms with Gasteiger partial charge in [0, 0.05) is 25.3 Å². The largest absolute Gasteiger partial charge is 0.497 e. The Morgan fingerprint density at radius 2 is 1.74 bits per heavy atom. The first-order valence-electron chi connectivity index (χ1n) is 11.8. The number of carbonyl (C=O) groups excluding carboxylic acids is 1. The lowest BCUT2D eigenvalue weighted by Gasteiger charge is -2.35. The number of carbonyl (C=O) groups is 1. The molecule has 0 saturated carbocycles. The first-order valence-corrected chi connectivity index (χ1v) is 11.8. The highest BCUT2D eigenvalue weighted by Crippen LogP contribution is 2.24. The number of morpholine rings is 1. The van der Waals surface area contributed by atoms with E-state index in [-0.39, 0.29) is 11.9 Å². The van der Waals surface area contributed by atoms with Gasteiger partial charge in [0.05, 0.1) is 44.2 Å². The van der Waals surface area contributed by atoms with E-state index in [1.807, 2.05) is 30.7 Å². The van der Waals surface area contributed by atoms with Crippen molar-refractivity contribution in [2.45, 2.75) is 33.4 Å². The number of hydrogen-bond donors (Lipinski definition) is 1. The van der Waals surface area contributed by atoms with E-state index in [1.54, 1.807) is 7.11 Å². The van der Waals surface area contributed by atoms with Crippen molar-refractivity contribution in [3.05, 3.63) is 82.2 Å². The van der Waals surface area contributed by atoms with Gasteiger partial charge < -0.3 is 14.8 Å². The molecule has 1 amide bonds. The maximum Gasteiger partial charge on any atom is 0.255 e. The van der Waals surface area contributed by atoms with Gasteiger partial charge >= 0.3 is 0 Å². The topological polar surface area (TPSA) is 68.6 Å². The van der Waals surface area contributed by atoms with Crippen LogP contribution in [0.3, 0.4) is 0 Å². The van der Waals surface area contributed by atoms with Gasteiger partial charge in [0.1, 0.15) is 5.75 Å². The van der Waals surface area contributed by atoms with Crippen LogP contribution in [0.25, 0.3) is 0 Å². The van der Waals surface area contributed by atoms with E-state index in [4.69, 9.17) is 9.47 Å². The zero-order valence-corrected chi connectivity index (χ0v) is 20.5. The maximum absolute atomic E-state index is 13.3. The van der Waals surface area contributed by atoms with Gasteiger partial charge in [-0.15, -0.1) is 0 Å². The van der Waals surface area contributed by atoms with Crippen molar-refractivity contribution in [3.63, 3.8) is 0 Å². The van der Waals surface area contributed by atoms with Crippen molar-refractivity contribution in [1.82, 2.24) is 20.0 Å². The van der Waals surface area contributed by atoms with Gasteiger partial charge in [-0.25, -0.2) is 0 Å². The summed E-state index contributed by atoms with van der Waals surface area (Å²) < 4.78 is 12.8. The minimum atomic E-state index is -0.0862. The smallest absolute Gasteiger partial charge is 0.255 e. The summed E-state index contributed by atoms with van der Waals surface area (Å²) in [5.41, 5.74) is 5.81. The molecule has 1 N–H and O–H groups in total. The Bertz CT molecular complexity index is 1100. The van der Waals surface area contributed by atoms with Gasteiger partial charge in [0.15, 0.2) is 0 Å². The Labute approximate surface area is 201 Å². The summed E-state index contributed by atoms with van der Waals surface area (Å²) in [5.74, 6) is 0.734. The molecule has 1 aliphatic heterocycles. The van der Waals surface area contributed by atoms with E-state index in [9.17, 15) is 4.79 Å². The molecule has 0 aliphatic carbocycles. The molecular formula is C27H34N4O3. The summed E-state index contributed by atoms with van der Waals surface area (Å²) in [6.07, 6.45) is 0. The minimum Gasteiger partial charge on any atom is -0.497 e. The van der Waals surface area contributed by atoms with Crippen molar-refractivity contribution in [2.75, 3.05) is 40.0 Å². The summed E-state index contributed by atoms with van der Waals surface area (Å²) >= 11 is 0. The minimum absolute atomic E-state index is 0.0574. The number of rotatable bonds is 8. The third-order valence-corrected chi connectivity index (χ3v) is 6.50. The van der Waals surface area contributed by atoms with Gasteiger partial charge in [-0.05, 0) is 44.0 Å². The normalized spacial score (nSPS) is 15.2. The Morgan fingerprint density at radius 1 is 1.06 bits per heavy atom. The number of amides is 1. The van der Waals surface area contributed by atoms with Gasteiger partial charge in [0.25, 0.3) is 5.91 Å².